The summed E-state index contributed by atoms with van der Waals surface area (Å²) in [5, 5.41) is 17.7. The second kappa shape index (κ2) is 5.35. The third kappa shape index (κ3) is 2.17. The number of benzene rings is 5. The molecular weight excluding hydrogens is 304 g/mol. The first-order chi connectivity index (χ1) is 12.3. The van der Waals surface area contributed by atoms with E-state index in [2.05, 4.69) is 66.7 Å². The van der Waals surface area contributed by atoms with Crippen molar-refractivity contribution < 1.29 is 5.11 Å². The molecule has 0 aliphatic rings. The summed E-state index contributed by atoms with van der Waals surface area (Å²) in [6, 6.07) is 31.1. The topological polar surface area (TPSA) is 20.2 Å². The number of aromatic hydroxyl groups is 1. The lowest BCUT2D eigenvalue weighted by atomic mass is 9.92. The molecule has 0 saturated heterocycles. The first-order valence-corrected chi connectivity index (χ1v) is 8.44. The smallest absolute Gasteiger partial charge is 0.124 e. The fourth-order valence-electron chi connectivity index (χ4n) is 3.72. The summed E-state index contributed by atoms with van der Waals surface area (Å²) in [5.74, 6) is 0.319. The summed E-state index contributed by atoms with van der Waals surface area (Å²) < 4.78 is 0. The summed E-state index contributed by atoms with van der Waals surface area (Å²) in [6.45, 7) is 0. The minimum absolute atomic E-state index is 0.319. The van der Waals surface area contributed by atoms with Gasteiger partial charge in [-0.25, -0.2) is 0 Å². The maximum atomic E-state index is 10.7. The molecule has 0 amide bonds. The summed E-state index contributed by atoms with van der Waals surface area (Å²) >= 11 is 0. The average molecular weight is 320 g/mol. The van der Waals surface area contributed by atoms with Gasteiger partial charge in [0.25, 0.3) is 0 Å². The molecule has 5 aromatic rings. The number of rotatable bonds is 1. The molecule has 0 aliphatic carbocycles. The Morgan fingerprint density at radius 3 is 1.72 bits per heavy atom. The normalized spacial score (nSPS) is 11.4. The third-order valence-corrected chi connectivity index (χ3v) is 4.92. The van der Waals surface area contributed by atoms with E-state index in [1.54, 1.807) is 0 Å². The predicted octanol–water partition coefficient (Wildman–Crippen LogP) is 6.52. The van der Waals surface area contributed by atoms with E-state index in [1.807, 2.05) is 24.3 Å². The molecule has 1 N–H and O–H groups in total. The lowest BCUT2D eigenvalue weighted by Gasteiger charge is -2.13. The monoisotopic (exact) mass is 320 g/mol. The van der Waals surface area contributed by atoms with Crippen molar-refractivity contribution >= 4 is 32.3 Å². The Morgan fingerprint density at radius 1 is 0.440 bits per heavy atom. The highest BCUT2D eigenvalue weighted by molar-refractivity contribution is 6.14. The van der Waals surface area contributed by atoms with E-state index in [-0.39, 0.29) is 0 Å². The molecule has 0 fully saturated rings. The van der Waals surface area contributed by atoms with E-state index in [0.29, 0.717) is 5.75 Å². The van der Waals surface area contributed by atoms with Gasteiger partial charge < -0.3 is 5.11 Å². The van der Waals surface area contributed by atoms with Crippen LogP contribution in [-0.4, -0.2) is 5.11 Å². The molecule has 0 unspecified atom stereocenters. The lowest BCUT2D eigenvalue weighted by Crippen LogP contribution is -1.86. The Labute approximate surface area is 145 Å². The van der Waals surface area contributed by atoms with Crippen LogP contribution in [0.25, 0.3) is 43.4 Å². The van der Waals surface area contributed by atoms with Crippen molar-refractivity contribution in [2.24, 2.45) is 0 Å². The molecule has 25 heavy (non-hydrogen) atoms. The second-order valence-electron chi connectivity index (χ2n) is 6.41. The standard InChI is InChI=1S/C24H16O/c25-24-15-17-8-2-1-7-16(17)13-23(24)22-14-18-9-3-4-10-19(18)20-11-5-6-12-21(20)22/h1-15,25H. The first-order valence-electron chi connectivity index (χ1n) is 8.44. The zero-order chi connectivity index (χ0) is 16.8. The summed E-state index contributed by atoms with van der Waals surface area (Å²) in [4.78, 5) is 0. The van der Waals surface area contributed by atoms with Gasteiger partial charge in [0.15, 0.2) is 0 Å². The highest BCUT2D eigenvalue weighted by Crippen LogP contribution is 2.40. The van der Waals surface area contributed by atoms with Crippen molar-refractivity contribution in [2.75, 3.05) is 0 Å². The van der Waals surface area contributed by atoms with Gasteiger partial charge in [-0.1, -0.05) is 72.8 Å². The van der Waals surface area contributed by atoms with Gasteiger partial charge in [-0.05, 0) is 56.1 Å². The van der Waals surface area contributed by atoms with E-state index in [4.69, 9.17) is 0 Å². The molecule has 0 atom stereocenters. The van der Waals surface area contributed by atoms with Crippen LogP contribution in [0.1, 0.15) is 0 Å². The Morgan fingerprint density at radius 2 is 0.960 bits per heavy atom. The van der Waals surface area contributed by atoms with Crippen molar-refractivity contribution in [1.82, 2.24) is 0 Å². The molecule has 0 bridgehead atoms. The number of fused-ring (bicyclic) bond motifs is 4. The molecule has 0 aliphatic heterocycles. The van der Waals surface area contributed by atoms with Crippen molar-refractivity contribution in [3.63, 3.8) is 0 Å². The quantitative estimate of drug-likeness (QED) is 0.349. The fourth-order valence-corrected chi connectivity index (χ4v) is 3.72. The van der Waals surface area contributed by atoms with Crippen molar-refractivity contribution in [1.29, 1.82) is 0 Å². The van der Waals surface area contributed by atoms with Crippen LogP contribution in [0, 0.1) is 0 Å². The first kappa shape index (κ1) is 14.1. The molecule has 0 heterocycles. The van der Waals surface area contributed by atoms with Crippen LogP contribution >= 0.6 is 0 Å². The molecule has 5 rings (SSSR count). The van der Waals surface area contributed by atoms with Gasteiger partial charge in [0.2, 0.25) is 0 Å². The Kier molecular flexibility index (Phi) is 3.01. The number of hydrogen-bond acceptors (Lipinski definition) is 1. The minimum Gasteiger partial charge on any atom is -0.507 e. The summed E-state index contributed by atoms with van der Waals surface area (Å²) in [6.07, 6.45) is 0. The molecule has 0 spiro atoms. The van der Waals surface area contributed by atoms with Crippen LogP contribution in [0.3, 0.4) is 0 Å². The van der Waals surface area contributed by atoms with Crippen LogP contribution in [0.15, 0.2) is 91.0 Å². The highest BCUT2D eigenvalue weighted by Gasteiger charge is 2.12. The van der Waals surface area contributed by atoms with Crippen LogP contribution in [0.4, 0.5) is 0 Å². The van der Waals surface area contributed by atoms with Crippen molar-refractivity contribution in [3.05, 3.63) is 91.0 Å². The van der Waals surface area contributed by atoms with E-state index in [9.17, 15) is 5.11 Å². The zero-order valence-electron chi connectivity index (χ0n) is 13.6. The molecule has 0 radical (unpaired) electrons. The molecule has 0 saturated carbocycles. The number of phenolic OH excluding ortho intramolecular Hbond substituents is 1. The van der Waals surface area contributed by atoms with Crippen LogP contribution < -0.4 is 0 Å². The Bertz CT molecular complexity index is 1250. The van der Waals surface area contributed by atoms with Gasteiger partial charge in [0, 0.05) is 5.56 Å². The largest absolute Gasteiger partial charge is 0.507 e. The average Bonchev–Trinajstić information content (AvgIpc) is 2.67. The Hall–Kier alpha value is -3.32. The van der Waals surface area contributed by atoms with Gasteiger partial charge in [-0.15, -0.1) is 0 Å². The van der Waals surface area contributed by atoms with E-state index >= 15 is 0 Å². The van der Waals surface area contributed by atoms with E-state index < -0.39 is 0 Å². The van der Waals surface area contributed by atoms with Gasteiger partial charge in [0.1, 0.15) is 5.75 Å². The predicted molar refractivity (Wildman–Crippen MR) is 106 cm³/mol. The second-order valence-corrected chi connectivity index (χ2v) is 6.41. The fraction of sp³-hybridized carbons (Fsp3) is 0. The van der Waals surface area contributed by atoms with Crippen LogP contribution in [-0.2, 0) is 0 Å². The van der Waals surface area contributed by atoms with Crippen LogP contribution in [0.2, 0.25) is 0 Å². The van der Waals surface area contributed by atoms with Gasteiger partial charge in [0.05, 0.1) is 0 Å². The summed E-state index contributed by atoms with van der Waals surface area (Å²) in [7, 11) is 0. The zero-order valence-corrected chi connectivity index (χ0v) is 13.6. The van der Waals surface area contributed by atoms with Gasteiger partial charge >= 0.3 is 0 Å². The van der Waals surface area contributed by atoms with Crippen molar-refractivity contribution in [3.8, 4) is 16.9 Å². The molecule has 1 heteroatoms. The van der Waals surface area contributed by atoms with Crippen molar-refractivity contribution in [2.45, 2.75) is 0 Å². The highest BCUT2D eigenvalue weighted by atomic mass is 16.3. The van der Waals surface area contributed by atoms with Crippen LogP contribution in [0.5, 0.6) is 5.75 Å². The van der Waals surface area contributed by atoms with Gasteiger partial charge in [-0.2, -0.15) is 0 Å². The Balaban J connectivity index is 1.93. The summed E-state index contributed by atoms with van der Waals surface area (Å²) in [5.41, 5.74) is 1.94. The van der Waals surface area contributed by atoms with Gasteiger partial charge in [-0.3, -0.25) is 0 Å². The SMILES string of the molecule is Oc1cc2ccccc2cc1-c1cc2ccccc2c2ccccc12. The molecular formula is C24H16O. The minimum atomic E-state index is 0.319. The molecule has 5 aromatic carbocycles. The number of phenols is 1. The third-order valence-electron chi connectivity index (χ3n) is 4.92. The van der Waals surface area contributed by atoms with E-state index in [0.717, 1.165) is 27.3 Å². The number of hydrogen-bond donors (Lipinski definition) is 1. The molecule has 0 aromatic heterocycles. The molecule has 1 nitrogen and oxygen atoms in total. The maximum absolute atomic E-state index is 10.7. The molecule has 118 valence electrons. The van der Waals surface area contributed by atoms with E-state index in [1.165, 1.54) is 16.2 Å². The maximum Gasteiger partial charge on any atom is 0.124 e. The lowest BCUT2D eigenvalue weighted by molar-refractivity contribution is 0.478.